The van der Waals surface area contributed by atoms with Crippen LogP contribution in [0.2, 0.25) is 0 Å². The number of carbonyl (C=O) groups is 9. The summed E-state index contributed by atoms with van der Waals surface area (Å²) in [6.45, 7) is 5.38. The van der Waals surface area contributed by atoms with Crippen molar-refractivity contribution < 1.29 is 53.4 Å². The summed E-state index contributed by atoms with van der Waals surface area (Å²) in [5, 5.41) is 31.5. The van der Waals surface area contributed by atoms with Gasteiger partial charge in [0, 0.05) is 37.7 Å². The molecule has 0 radical (unpaired) electrons. The monoisotopic (exact) mass is 821 g/mol. The fraction of sp³-hybridized carbons (Fsp3) is 0.667. The van der Waals surface area contributed by atoms with Crippen molar-refractivity contribution in [1.29, 1.82) is 0 Å². The highest BCUT2D eigenvalue weighted by molar-refractivity contribution is 5.97. The minimum absolute atomic E-state index is 0.0296. The fourth-order valence-electron chi connectivity index (χ4n) is 6.21. The molecule has 14 N–H and O–H groups in total. The van der Waals surface area contributed by atoms with E-state index in [1.807, 2.05) is 0 Å². The largest absolute Gasteiger partial charge is 0.481 e. The van der Waals surface area contributed by atoms with Crippen molar-refractivity contribution in [2.24, 2.45) is 23.1 Å². The van der Waals surface area contributed by atoms with E-state index >= 15 is 0 Å². The van der Waals surface area contributed by atoms with Gasteiger partial charge in [-0.1, -0.05) is 20.3 Å². The van der Waals surface area contributed by atoms with Crippen LogP contribution in [0.15, 0.2) is 12.5 Å². The zero-order chi connectivity index (χ0) is 43.5. The number of nitrogens with two attached hydrogens (primary N) is 3. The minimum atomic E-state index is -1.54. The summed E-state index contributed by atoms with van der Waals surface area (Å²) in [7, 11) is 0. The van der Waals surface area contributed by atoms with Gasteiger partial charge in [0.15, 0.2) is 0 Å². The number of aromatic nitrogens is 2. The lowest BCUT2D eigenvalue weighted by molar-refractivity contribution is -0.144. The quantitative estimate of drug-likeness (QED) is 0.0418. The standard InChI is InChI=1S/C36H59N11O11/c1-4-19(2)29(46-30(51)20(3)42-31(52)22(38)16-21-17-40-18-41-21)35(56)47-15-7-9-26(47)34(55)44-24(11-13-28(49)50)32(53)43-23(10-12-27(39)48)33(54)45-25(36(57)58)8-5-6-14-37/h17-20,22-26,29H,4-16,37-38H2,1-3H3,(H2,39,48)(H,40,41)(H,42,52)(H,43,53)(H,44,55)(H,45,54)(H,46,51)(H,49,50)(H,57,58)/t19-,20-,22-,23-,24-,25-,26-,29-/m0/s1. The summed E-state index contributed by atoms with van der Waals surface area (Å²) < 4.78 is 0. The molecular formula is C36H59N11O11. The number of hydrogen-bond donors (Lipinski definition) is 11. The number of likely N-dealkylation sites (tertiary alicyclic amines) is 1. The molecule has 2 rings (SSSR count). The van der Waals surface area contributed by atoms with Crippen LogP contribution >= 0.6 is 0 Å². The van der Waals surface area contributed by atoms with Crippen molar-refractivity contribution in [3.05, 3.63) is 18.2 Å². The minimum Gasteiger partial charge on any atom is -0.481 e. The molecule has 1 fully saturated rings. The Bertz CT molecular complexity index is 1590. The van der Waals surface area contributed by atoms with Crippen LogP contribution in [-0.4, -0.2) is 134 Å². The molecule has 1 aromatic heterocycles. The van der Waals surface area contributed by atoms with Gasteiger partial charge in [-0.2, -0.15) is 0 Å². The summed E-state index contributed by atoms with van der Waals surface area (Å²) in [5.41, 5.74) is 17.4. The van der Waals surface area contributed by atoms with E-state index in [1.165, 1.54) is 24.3 Å². The van der Waals surface area contributed by atoms with Gasteiger partial charge in [0.05, 0.1) is 12.4 Å². The third-order valence-corrected chi connectivity index (χ3v) is 9.85. The average molecular weight is 822 g/mol. The number of nitrogens with zero attached hydrogens (tertiary/aromatic N) is 2. The van der Waals surface area contributed by atoms with Crippen LogP contribution in [0.5, 0.6) is 0 Å². The number of aliphatic carboxylic acids is 2. The second-order valence-corrected chi connectivity index (χ2v) is 14.4. The number of unbranched alkanes of at least 4 members (excludes halogenated alkanes) is 1. The molecule has 0 unspecified atom stereocenters. The van der Waals surface area contributed by atoms with E-state index < -0.39 is 114 Å². The van der Waals surface area contributed by atoms with Gasteiger partial charge < -0.3 is 63.9 Å². The number of aromatic amines is 1. The van der Waals surface area contributed by atoms with Gasteiger partial charge in [-0.25, -0.2) is 9.78 Å². The van der Waals surface area contributed by atoms with E-state index in [-0.39, 0.29) is 38.6 Å². The average Bonchev–Trinajstić information content (AvgIpc) is 3.88. The highest BCUT2D eigenvalue weighted by atomic mass is 16.4. The van der Waals surface area contributed by atoms with Crippen molar-refractivity contribution in [3.63, 3.8) is 0 Å². The summed E-state index contributed by atoms with van der Waals surface area (Å²) in [6.07, 6.45) is 3.23. The zero-order valence-corrected chi connectivity index (χ0v) is 33.2. The molecule has 22 nitrogen and oxygen atoms in total. The number of carbonyl (C=O) groups excluding carboxylic acids is 7. The molecule has 58 heavy (non-hydrogen) atoms. The Kier molecular flexibility index (Phi) is 20.2. The molecule has 2 heterocycles. The van der Waals surface area contributed by atoms with Crippen LogP contribution < -0.4 is 43.8 Å². The van der Waals surface area contributed by atoms with E-state index in [2.05, 4.69) is 36.6 Å². The van der Waals surface area contributed by atoms with Gasteiger partial charge in [-0.15, -0.1) is 0 Å². The lowest BCUT2D eigenvalue weighted by Gasteiger charge is -2.32. The SMILES string of the molecule is CC[C@H](C)[C@H](NC(=O)[C@H](C)NC(=O)[C@@H](N)Cc1cnc[nH]1)C(=O)N1CCC[C@H]1C(=O)N[C@@H](CCC(=O)O)C(=O)N[C@@H](CCC(N)=O)C(=O)N[C@@H](CCCCN)C(=O)O. The van der Waals surface area contributed by atoms with Crippen LogP contribution in [0.4, 0.5) is 0 Å². The Morgan fingerprint density at radius 1 is 0.862 bits per heavy atom. The van der Waals surface area contributed by atoms with E-state index in [1.54, 1.807) is 13.8 Å². The number of H-pyrrole nitrogens is 1. The van der Waals surface area contributed by atoms with Gasteiger partial charge in [-0.05, 0) is 64.3 Å². The first-order chi connectivity index (χ1) is 27.4. The maximum Gasteiger partial charge on any atom is 0.326 e. The molecule has 1 aliphatic rings. The smallest absolute Gasteiger partial charge is 0.326 e. The number of hydrogen-bond acceptors (Lipinski definition) is 12. The Morgan fingerprint density at radius 2 is 1.50 bits per heavy atom. The molecule has 0 saturated carbocycles. The molecule has 1 aromatic rings. The number of amides is 7. The van der Waals surface area contributed by atoms with Crippen LogP contribution in [0.1, 0.15) is 90.7 Å². The van der Waals surface area contributed by atoms with Crippen molar-refractivity contribution in [2.45, 2.75) is 134 Å². The third kappa shape index (κ3) is 15.7. The van der Waals surface area contributed by atoms with Crippen molar-refractivity contribution in [3.8, 4) is 0 Å². The van der Waals surface area contributed by atoms with Crippen LogP contribution in [-0.2, 0) is 49.6 Å². The number of carboxylic acid groups (broad SMARTS) is 2. The van der Waals surface area contributed by atoms with Crippen LogP contribution in [0, 0.1) is 5.92 Å². The highest BCUT2D eigenvalue weighted by Crippen LogP contribution is 2.22. The number of carboxylic acids is 2. The van der Waals surface area contributed by atoms with E-state index in [9.17, 15) is 53.4 Å². The predicted octanol–water partition coefficient (Wildman–Crippen LogP) is -2.90. The maximum atomic E-state index is 14.1. The molecule has 0 aliphatic carbocycles. The first kappa shape index (κ1) is 48.5. The zero-order valence-electron chi connectivity index (χ0n) is 33.2. The van der Waals surface area contributed by atoms with Gasteiger partial charge >= 0.3 is 11.9 Å². The molecule has 22 heteroatoms. The Morgan fingerprint density at radius 3 is 2.07 bits per heavy atom. The molecule has 1 aliphatic heterocycles. The Balaban J connectivity index is 2.22. The molecular weight excluding hydrogens is 762 g/mol. The Labute approximate surface area is 335 Å². The number of rotatable bonds is 26. The fourth-order valence-corrected chi connectivity index (χ4v) is 6.21. The number of nitrogens with one attached hydrogen (secondary N) is 6. The second kappa shape index (κ2) is 24.2. The van der Waals surface area contributed by atoms with Crippen LogP contribution in [0.25, 0.3) is 0 Å². The molecule has 0 bridgehead atoms. The van der Waals surface area contributed by atoms with E-state index in [0.29, 0.717) is 37.9 Å². The normalized spacial score (nSPS) is 17.3. The number of imidazole rings is 1. The second-order valence-electron chi connectivity index (χ2n) is 14.4. The lowest BCUT2D eigenvalue weighted by Crippen LogP contribution is -2.60. The summed E-state index contributed by atoms with van der Waals surface area (Å²) in [4.78, 5) is 124. The maximum absolute atomic E-state index is 14.1. The summed E-state index contributed by atoms with van der Waals surface area (Å²) in [6, 6.07) is -8.72. The summed E-state index contributed by atoms with van der Waals surface area (Å²) >= 11 is 0. The Hall–Kier alpha value is -5.64. The highest BCUT2D eigenvalue weighted by Gasteiger charge is 2.41. The topological polar surface area (TPSA) is 364 Å². The van der Waals surface area contributed by atoms with Gasteiger partial charge in [-0.3, -0.25) is 38.4 Å². The third-order valence-electron chi connectivity index (χ3n) is 9.85. The first-order valence-electron chi connectivity index (χ1n) is 19.4. The predicted molar refractivity (Wildman–Crippen MR) is 206 cm³/mol. The van der Waals surface area contributed by atoms with Crippen molar-refractivity contribution >= 4 is 53.3 Å². The number of primary amides is 1. The lowest BCUT2D eigenvalue weighted by atomic mass is 9.97. The molecule has 324 valence electrons. The first-order valence-corrected chi connectivity index (χ1v) is 19.4. The molecule has 8 atom stereocenters. The molecule has 7 amide bonds. The van der Waals surface area contributed by atoms with Gasteiger partial charge in [0.1, 0.15) is 36.3 Å². The summed E-state index contributed by atoms with van der Waals surface area (Å²) in [5.74, 6) is -8.52. The van der Waals surface area contributed by atoms with Crippen molar-refractivity contribution in [2.75, 3.05) is 13.1 Å². The van der Waals surface area contributed by atoms with E-state index in [0.717, 1.165) is 0 Å². The van der Waals surface area contributed by atoms with Gasteiger partial charge in [0.2, 0.25) is 41.4 Å². The van der Waals surface area contributed by atoms with Crippen molar-refractivity contribution in [1.82, 2.24) is 41.5 Å². The van der Waals surface area contributed by atoms with Gasteiger partial charge in [0.25, 0.3) is 0 Å². The molecule has 1 saturated heterocycles. The van der Waals surface area contributed by atoms with Crippen LogP contribution in [0.3, 0.4) is 0 Å². The molecule has 0 aromatic carbocycles. The van der Waals surface area contributed by atoms with E-state index in [4.69, 9.17) is 17.2 Å². The molecule has 0 spiro atoms.